The Bertz CT molecular complexity index is 530. The Morgan fingerprint density at radius 3 is 2.50 bits per heavy atom. The fourth-order valence-electron chi connectivity index (χ4n) is 3.17. The fraction of sp³-hybridized carbons (Fsp3) is 0.500. The minimum absolute atomic E-state index is 0.432. The highest BCUT2D eigenvalue weighted by atomic mass is 14.9. The molecule has 1 N–H and O–H groups in total. The van der Waals surface area contributed by atoms with Gasteiger partial charge in [-0.3, -0.25) is 4.98 Å². The van der Waals surface area contributed by atoms with Crippen LogP contribution in [0.1, 0.15) is 51.1 Å². The maximum atomic E-state index is 4.48. The number of fused-ring (bicyclic) bond motifs is 1. The molecule has 108 valence electrons. The van der Waals surface area contributed by atoms with Crippen molar-refractivity contribution in [3.8, 4) is 0 Å². The van der Waals surface area contributed by atoms with E-state index in [2.05, 4.69) is 55.5 Å². The third kappa shape index (κ3) is 3.37. The van der Waals surface area contributed by atoms with Crippen LogP contribution >= 0.6 is 0 Å². The van der Waals surface area contributed by atoms with Gasteiger partial charge in [-0.15, -0.1) is 0 Å². The molecule has 0 saturated heterocycles. The summed E-state index contributed by atoms with van der Waals surface area (Å²) in [6.45, 7) is 4.55. The lowest BCUT2D eigenvalue weighted by Gasteiger charge is -2.27. The highest BCUT2D eigenvalue weighted by Crippen LogP contribution is 2.30. The number of nitrogens with one attached hydrogen (secondary N) is 1. The summed E-state index contributed by atoms with van der Waals surface area (Å²) in [6.07, 6.45) is 6.92. The van der Waals surface area contributed by atoms with Crippen molar-refractivity contribution in [1.82, 2.24) is 10.3 Å². The smallest absolute Gasteiger partial charge is 0.0705 e. The molecule has 0 amide bonds. The lowest BCUT2D eigenvalue weighted by atomic mass is 9.86. The number of rotatable bonds is 7. The van der Waals surface area contributed by atoms with Gasteiger partial charge in [-0.1, -0.05) is 44.9 Å². The first-order valence-corrected chi connectivity index (χ1v) is 7.82. The van der Waals surface area contributed by atoms with Gasteiger partial charge in [0.2, 0.25) is 0 Å². The number of pyridine rings is 1. The van der Waals surface area contributed by atoms with Crippen molar-refractivity contribution in [3.63, 3.8) is 0 Å². The molecule has 1 aromatic heterocycles. The lowest BCUT2D eigenvalue weighted by Crippen LogP contribution is -2.25. The van der Waals surface area contributed by atoms with Crippen LogP contribution in [-0.2, 0) is 0 Å². The molecule has 0 aliphatic carbocycles. The summed E-state index contributed by atoms with van der Waals surface area (Å²) in [7, 11) is 2.08. The van der Waals surface area contributed by atoms with E-state index < -0.39 is 0 Å². The average molecular weight is 270 g/mol. The quantitative estimate of drug-likeness (QED) is 0.788. The molecule has 1 unspecified atom stereocenters. The first-order chi connectivity index (χ1) is 9.80. The molecule has 0 spiro atoms. The van der Waals surface area contributed by atoms with E-state index in [-0.39, 0.29) is 0 Å². The molecule has 2 aromatic rings. The molecule has 0 aliphatic rings. The second-order valence-electron chi connectivity index (χ2n) is 5.56. The van der Waals surface area contributed by atoms with E-state index in [1.165, 1.54) is 36.6 Å². The predicted octanol–water partition coefficient (Wildman–Crippen LogP) is 4.71. The monoisotopic (exact) mass is 270 g/mol. The van der Waals surface area contributed by atoms with E-state index in [1.807, 2.05) is 12.3 Å². The van der Waals surface area contributed by atoms with Crippen LogP contribution < -0.4 is 5.32 Å². The topological polar surface area (TPSA) is 24.9 Å². The zero-order chi connectivity index (χ0) is 14.4. The van der Waals surface area contributed by atoms with Crippen LogP contribution in [0, 0.1) is 5.92 Å². The fourth-order valence-corrected chi connectivity index (χ4v) is 3.17. The molecule has 2 heteroatoms. The molecule has 0 fully saturated rings. The third-order valence-corrected chi connectivity index (χ3v) is 4.09. The summed E-state index contributed by atoms with van der Waals surface area (Å²) >= 11 is 0. The van der Waals surface area contributed by atoms with E-state index in [4.69, 9.17) is 0 Å². The highest BCUT2D eigenvalue weighted by molar-refractivity contribution is 5.79. The van der Waals surface area contributed by atoms with Crippen LogP contribution in [-0.4, -0.2) is 12.0 Å². The van der Waals surface area contributed by atoms with Crippen molar-refractivity contribution in [2.24, 2.45) is 5.92 Å². The van der Waals surface area contributed by atoms with E-state index in [9.17, 15) is 0 Å². The van der Waals surface area contributed by atoms with Gasteiger partial charge in [0.1, 0.15) is 0 Å². The van der Waals surface area contributed by atoms with Crippen LogP contribution in [0.4, 0.5) is 0 Å². The van der Waals surface area contributed by atoms with Crippen LogP contribution in [0.5, 0.6) is 0 Å². The molecule has 2 nitrogen and oxygen atoms in total. The van der Waals surface area contributed by atoms with E-state index in [0.29, 0.717) is 12.0 Å². The predicted molar refractivity (Wildman–Crippen MR) is 86.8 cm³/mol. The number of hydrogen-bond donors (Lipinski definition) is 1. The Hall–Kier alpha value is -1.41. The lowest BCUT2D eigenvalue weighted by molar-refractivity contribution is 0.331. The van der Waals surface area contributed by atoms with Gasteiger partial charge in [-0.2, -0.15) is 0 Å². The first-order valence-electron chi connectivity index (χ1n) is 7.82. The number of benzene rings is 1. The van der Waals surface area contributed by atoms with Crippen molar-refractivity contribution in [2.45, 2.75) is 45.6 Å². The molecular formula is C18H26N2. The molecule has 0 bridgehead atoms. The largest absolute Gasteiger partial charge is 0.313 e. The van der Waals surface area contributed by atoms with Crippen LogP contribution in [0.15, 0.2) is 36.5 Å². The van der Waals surface area contributed by atoms with Crippen LogP contribution in [0.3, 0.4) is 0 Å². The van der Waals surface area contributed by atoms with Gasteiger partial charge in [0.05, 0.1) is 5.52 Å². The highest BCUT2D eigenvalue weighted by Gasteiger charge is 2.20. The zero-order valence-electron chi connectivity index (χ0n) is 12.9. The minimum Gasteiger partial charge on any atom is -0.313 e. The van der Waals surface area contributed by atoms with Gasteiger partial charge < -0.3 is 5.32 Å². The number of nitrogens with zero attached hydrogens (tertiary/aromatic N) is 1. The van der Waals surface area contributed by atoms with Crippen molar-refractivity contribution in [3.05, 3.63) is 42.1 Å². The summed E-state index contributed by atoms with van der Waals surface area (Å²) in [5.41, 5.74) is 2.46. The molecule has 20 heavy (non-hydrogen) atoms. The van der Waals surface area contributed by atoms with Crippen LogP contribution in [0.25, 0.3) is 10.9 Å². The summed E-state index contributed by atoms with van der Waals surface area (Å²) < 4.78 is 0. The van der Waals surface area contributed by atoms with Crippen molar-refractivity contribution >= 4 is 10.9 Å². The van der Waals surface area contributed by atoms with Crippen molar-refractivity contribution in [1.29, 1.82) is 0 Å². The van der Waals surface area contributed by atoms with E-state index >= 15 is 0 Å². The SMILES string of the molecule is CCCC(CCC)C(NC)c1ccc2cccnc2c1. The second-order valence-corrected chi connectivity index (χ2v) is 5.56. The van der Waals surface area contributed by atoms with Gasteiger partial charge >= 0.3 is 0 Å². The summed E-state index contributed by atoms with van der Waals surface area (Å²) in [4.78, 5) is 4.48. The Kier molecular flexibility index (Phi) is 5.54. The molecule has 0 aliphatic heterocycles. The van der Waals surface area contributed by atoms with Crippen molar-refractivity contribution in [2.75, 3.05) is 7.05 Å². The van der Waals surface area contributed by atoms with Crippen LogP contribution in [0.2, 0.25) is 0 Å². The zero-order valence-corrected chi connectivity index (χ0v) is 12.9. The third-order valence-electron chi connectivity index (χ3n) is 4.09. The molecular weight excluding hydrogens is 244 g/mol. The van der Waals surface area contributed by atoms with E-state index in [1.54, 1.807) is 0 Å². The number of aromatic nitrogens is 1. The van der Waals surface area contributed by atoms with Gasteiger partial charge in [0.25, 0.3) is 0 Å². The Morgan fingerprint density at radius 2 is 1.85 bits per heavy atom. The van der Waals surface area contributed by atoms with Crippen molar-refractivity contribution < 1.29 is 0 Å². The normalized spacial score (nSPS) is 13.0. The Balaban J connectivity index is 2.31. The first kappa shape index (κ1) is 15.0. The molecule has 1 aromatic carbocycles. The van der Waals surface area contributed by atoms with Gasteiger partial charge in [-0.05, 0) is 43.5 Å². The molecule has 1 atom stereocenters. The summed E-state index contributed by atoms with van der Waals surface area (Å²) in [5, 5.41) is 4.74. The minimum atomic E-state index is 0.432. The second kappa shape index (κ2) is 7.39. The summed E-state index contributed by atoms with van der Waals surface area (Å²) in [6, 6.07) is 11.2. The Labute approximate surface area is 122 Å². The van der Waals surface area contributed by atoms with Gasteiger partial charge in [0.15, 0.2) is 0 Å². The Morgan fingerprint density at radius 1 is 1.10 bits per heavy atom. The van der Waals surface area contributed by atoms with Gasteiger partial charge in [0, 0.05) is 17.6 Å². The molecule has 1 heterocycles. The molecule has 0 saturated carbocycles. The molecule has 2 rings (SSSR count). The molecule has 0 radical (unpaired) electrons. The van der Waals surface area contributed by atoms with E-state index in [0.717, 1.165) is 5.52 Å². The number of hydrogen-bond acceptors (Lipinski definition) is 2. The summed E-state index contributed by atoms with van der Waals surface area (Å²) in [5.74, 6) is 0.705. The maximum absolute atomic E-state index is 4.48. The van der Waals surface area contributed by atoms with Gasteiger partial charge in [-0.25, -0.2) is 0 Å². The standard InChI is InChI=1S/C18H26N2/c1-4-7-15(8-5-2)18(19-3)16-11-10-14-9-6-12-20-17(14)13-16/h6,9-13,15,18-19H,4-5,7-8H2,1-3H3. The maximum Gasteiger partial charge on any atom is 0.0705 e. The average Bonchev–Trinajstić information content (AvgIpc) is 2.48.